The van der Waals surface area contributed by atoms with Crippen molar-refractivity contribution in [3.8, 4) is 0 Å². The summed E-state index contributed by atoms with van der Waals surface area (Å²) >= 11 is 0. The number of H-pyrrole nitrogens is 1. The SMILES string of the molecule is CCCNCCCNCc1ccn[nH]1. The summed E-state index contributed by atoms with van der Waals surface area (Å²) in [5.41, 5.74) is 1.14. The van der Waals surface area contributed by atoms with Crippen LogP contribution in [0, 0.1) is 0 Å². The topological polar surface area (TPSA) is 52.7 Å². The van der Waals surface area contributed by atoms with Crippen LogP contribution in [0.1, 0.15) is 25.5 Å². The van der Waals surface area contributed by atoms with Crippen molar-refractivity contribution < 1.29 is 0 Å². The number of aromatic nitrogens is 2. The molecule has 0 aliphatic rings. The second-order valence-corrected chi connectivity index (χ2v) is 3.36. The van der Waals surface area contributed by atoms with Crippen molar-refractivity contribution in [3.05, 3.63) is 18.0 Å². The monoisotopic (exact) mass is 196 g/mol. The van der Waals surface area contributed by atoms with Gasteiger partial charge in [-0.1, -0.05) is 6.92 Å². The summed E-state index contributed by atoms with van der Waals surface area (Å²) in [5.74, 6) is 0. The van der Waals surface area contributed by atoms with Gasteiger partial charge in [0.15, 0.2) is 0 Å². The van der Waals surface area contributed by atoms with Gasteiger partial charge in [-0.05, 0) is 38.5 Å². The molecule has 1 rings (SSSR count). The summed E-state index contributed by atoms with van der Waals surface area (Å²) in [4.78, 5) is 0. The first-order valence-electron chi connectivity index (χ1n) is 5.33. The summed E-state index contributed by atoms with van der Waals surface area (Å²) in [7, 11) is 0. The van der Waals surface area contributed by atoms with Crippen LogP contribution >= 0.6 is 0 Å². The van der Waals surface area contributed by atoms with Gasteiger partial charge < -0.3 is 10.6 Å². The third kappa shape index (κ3) is 4.99. The van der Waals surface area contributed by atoms with Crippen LogP contribution in [0.15, 0.2) is 12.3 Å². The van der Waals surface area contributed by atoms with Gasteiger partial charge in [0.2, 0.25) is 0 Å². The molecular weight excluding hydrogens is 176 g/mol. The molecule has 0 aromatic carbocycles. The van der Waals surface area contributed by atoms with E-state index in [0.29, 0.717) is 0 Å². The third-order valence-corrected chi connectivity index (χ3v) is 2.01. The molecule has 0 aliphatic carbocycles. The van der Waals surface area contributed by atoms with E-state index in [1.807, 2.05) is 6.07 Å². The molecule has 1 heterocycles. The van der Waals surface area contributed by atoms with Gasteiger partial charge in [0.05, 0.1) is 0 Å². The molecule has 3 N–H and O–H groups in total. The smallest absolute Gasteiger partial charge is 0.0490 e. The van der Waals surface area contributed by atoms with E-state index < -0.39 is 0 Å². The van der Waals surface area contributed by atoms with Crippen molar-refractivity contribution in [1.29, 1.82) is 0 Å². The maximum absolute atomic E-state index is 3.88. The molecule has 1 aromatic rings. The first-order valence-corrected chi connectivity index (χ1v) is 5.33. The maximum atomic E-state index is 3.88. The second kappa shape index (κ2) is 7.53. The highest BCUT2D eigenvalue weighted by molar-refractivity contribution is 4.96. The molecule has 0 spiro atoms. The van der Waals surface area contributed by atoms with Gasteiger partial charge >= 0.3 is 0 Å². The summed E-state index contributed by atoms with van der Waals surface area (Å²) in [6, 6.07) is 1.99. The Morgan fingerprint density at radius 2 is 2.14 bits per heavy atom. The van der Waals surface area contributed by atoms with Gasteiger partial charge in [-0.25, -0.2) is 0 Å². The molecule has 0 saturated heterocycles. The Bertz CT molecular complexity index is 208. The molecule has 0 fully saturated rings. The molecule has 1 aromatic heterocycles. The van der Waals surface area contributed by atoms with E-state index in [2.05, 4.69) is 27.8 Å². The number of rotatable bonds is 8. The van der Waals surface area contributed by atoms with E-state index in [1.54, 1.807) is 6.20 Å². The summed E-state index contributed by atoms with van der Waals surface area (Å²) in [5, 5.41) is 13.5. The Balaban J connectivity index is 1.85. The minimum Gasteiger partial charge on any atom is -0.317 e. The van der Waals surface area contributed by atoms with Gasteiger partial charge in [-0.3, -0.25) is 5.10 Å². The maximum Gasteiger partial charge on any atom is 0.0490 e. The number of hydrogen-bond acceptors (Lipinski definition) is 3. The molecule has 0 aliphatic heterocycles. The van der Waals surface area contributed by atoms with Gasteiger partial charge in [0.25, 0.3) is 0 Å². The minimum atomic E-state index is 0.883. The van der Waals surface area contributed by atoms with Crippen molar-refractivity contribution in [3.63, 3.8) is 0 Å². The van der Waals surface area contributed by atoms with Crippen molar-refractivity contribution in [2.75, 3.05) is 19.6 Å². The van der Waals surface area contributed by atoms with Crippen molar-refractivity contribution in [1.82, 2.24) is 20.8 Å². The Kier molecular flexibility index (Phi) is 6.02. The van der Waals surface area contributed by atoms with Crippen LogP contribution in [0.3, 0.4) is 0 Å². The predicted molar refractivity (Wildman–Crippen MR) is 58.1 cm³/mol. The van der Waals surface area contributed by atoms with Gasteiger partial charge in [-0.2, -0.15) is 5.10 Å². The molecule has 4 heteroatoms. The molecule has 0 unspecified atom stereocenters. The fourth-order valence-electron chi connectivity index (χ4n) is 1.25. The summed E-state index contributed by atoms with van der Waals surface area (Å²) < 4.78 is 0. The number of nitrogens with one attached hydrogen (secondary N) is 3. The van der Waals surface area contributed by atoms with E-state index in [9.17, 15) is 0 Å². The summed E-state index contributed by atoms with van der Waals surface area (Å²) in [6.45, 7) is 6.34. The van der Waals surface area contributed by atoms with E-state index in [0.717, 1.165) is 31.9 Å². The van der Waals surface area contributed by atoms with E-state index >= 15 is 0 Å². The van der Waals surface area contributed by atoms with Crippen molar-refractivity contribution in [2.45, 2.75) is 26.3 Å². The standard InChI is InChI=1S/C10H20N4/c1-2-5-11-6-3-7-12-9-10-4-8-13-14-10/h4,8,11-12H,2-3,5-7,9H2,1H3,(H,13,14). The van der Waals surface area contributed by atoms with Crippen LogP contribution in [0.5, 0.6) is 0 Å². The predicted octanol–water partition coefficient (Wildman–Crippen LogP) is 0.889. The molecule has 0 atom stereocenters. The van der Waals surface area contributed by atoms with Crippen LogP contribution < -0.4 is 10.6 Å². The minimum absolute atomic E-state index is 0.883. The van der Waals surface area contributed by atoms with E-state index in [4.69, 9.17) is 0 Å². The fraction of sp³-hybridized carbons (Fsp3) is 0.700. The highest BCUT2D eigenvalue weighted by Gasteiger charge is 1.92. The Hall–Kier alpha value is -0.870. The van der Waals surface area contributed by atoms with Crippen LogP contribution in [0.4, 0.5) is 0 Å². The van der Waals surface area contributed by atoms with Crippen LogP contribution in [-0.4, -0.2) is 29.8 Å². The first-order chi connectivity index (χ1) is 6.93. The Morgan fingerprint density at radius 3 is 2.86 bits per heavy atom. The Morgan fingerprint density at radius 1 is 1.29 bits per heavy atom. The van der Waals surface area contributed by atoms with Crippen LogP contribution in [-0.2, 0) is 6.54 Å². The molecule has 0 saturated carbocycles. The van der Waals surface area contributed by atoms with Crippen molar-refractivity contribution in [2.24, 2.45) is 0 Å². The number of hydrogen-bond donors (Lipinski definition) is 3. The molecule has 0 amide bonds. The third-order valence-electron chi connectivity index (χ3n) is 2.01. The lowest BCUT2D eigenvalue weighted by Crippen LogP contribution is -2.22. The zero-order valence-corrected chi connectivity index (χ0v) is 8.84. The van der Waals surface area contributed by atoms with Crippen molar-refractivity contribution >= 4 is 0 Å². The highest BCUT2D eigenvalue weighted by Crippen LogP contribution is 1.89. The lowest BCUT2D eigenvalue weighted by atomic mass is 10.3. The summed E-state index contributed by atoms with van der Waals surface area (Å²) in [6.07, 6.45) is 4.16. The zero-order valence-electron chi connectivity index (χ0n) is 8.84. The number of nitrogens with zero attached hydrogens (tertiary/aromatic N) is 1. The van der Waals surface area contributed by atoms with Gasteiger partial charge in [0, 0.05) is 18.4 Å². The van der Waals surface area contributed by atoms with E-state index in [-0.39, 0.29) is 0 Å². The molecule has 14 heavy (non-hydrogen) atoms. The van der Waals surface area contributed by atoms with Gasteiger partial charge in [0.1, 0.15) is 0 Å². The second-order valence-electron chi connectivity index (χ2n) is 3.36. The average Bonchev–Trinajstić information content (AvgIpc) is 2.69. The fourth-order valence-corrected chi connectivity index (χ4v) is 1.25. The molecule has 0 radical (unpaired) electrons. The van der Waals surface area contributed by atoms with Crippen LogP contribution in [0.2, 0.25) is 0 Å². The highest BCUT2D eigenvalue weighted by atomic mass is 15.1. The first kappa shape index (κ1) is 11.2. The molecule has 4 nitrogen and oxygen atoms in total. The Labute approximate surface area is 85.5 Å². The van der Waals surface area contributed by atoms with Gasteiger partial charge in [-0.15, -0.1) is 0 Å². The quantitative estimate of drug-likeness (QED) is 0.541. The number of aromatic amines is 1. The van der Waals surface area contributed by atoms with Crippen LogP contribution in [0.25, 0.3) is 0 Å². The zero-order chi connectivity index (χ0) is 10.1. The average molecular weight is 196 g/mol. The molecule has 0 bridgehead atoms. The molecular formula is C10H20N4. The normalized spacial score (nSPS) is 10.6. The lowest BCUT2D eigenvalue weighted by Gasteiger charge is -2.04. The largest absolute Gasteiger partial charge is 0.317 e. The lowest BCUT2D eigenvalue weighted by molar-refractivity contribution is 0.588. The van der Waals surface area contributed by atoms with E-state index in [1.165, 1.54) is 12.8 Å². The molecule has 80 valence electrons.